The third-order valence-corrected chi connectivity index (χ3v) is 5.33. The number of hydrogen-bond acceptors (Lipinski definition) is 5. The number of ether oxygens (including phenoxy) is 1. The Kier molecular flexibility index (Phi) is 5.72. The smallest absolute Gasteiger partial charge is 0.399 e. The Balaban J connectivity index is 2.01. The molecule has 0 bridgehead atoms. The number of halogens is 6. The van der Waals surface area contributed by atoms with Gasteiger partial charge in [0.1, 0.15) is 17.8 Å². The Bertz CT molecular complexity index is 1290. The van der Waals surface area contributed by atoms with Crippen LogP contribution in [0.4, 0.5) is 37.8 Å². The highest BCUT2D eigenvalue weighted by molar-refractivity contribution is 5.94. The van der Waals surface area contributed by atoms with Gasteiger partial charge in [0.15, 0.2) is 5.82 Å². The molecule has 4 rings (SSSR count). The van der Waals surface area contributed by atoms with E-state index in [2.05, 4.69) is 9.97 Å². The Morgan fingerprint density at radius 1 is 1.24 bits per heavy atom. The van der Waals surface area contributed by atoms with Crippen molar-refractivity contribution in [3.63, 3.8) is 0 Å². The molecule has 1 aliphatic heterocycles. The second kappa shape index (κ2) is 8.25. The van der Waals surface area contributed by atoms with E-state index in [0.29, 0.717) is 0 Å². The van der Waals surface area contributed by atoms with Crippen LogP contribution in [0.2, 0.25) is 0 Å². The van der Waals surface area contributed by atoms with E-state index in [4.69, 9.17) is 10.5 Å². The number of benzene rings is 2. The summed E-state index contributed by atoms with van der Waals surface area (Å²) in [5.41, 5.74) is 0.563. The first-order valence-corrected chi connectivity index (χ1v) is 9.84. The van der Waals surface area contributed by atoms with E-state index >= 15 is 8.78 Å². The summed E-state index contributed by atoms with van der Waals surface area (Å²) in [5.74, 6) is -2.95. The van der Waals surface area contributed by atoms with Gasteiger partial charge in [0, 0.05) is 23.2 Å². The molecule has 2 aromatic carbocycles. The van der Waals surface area contributed by atoms with Crippen LogP contribution in [0.1, 0.15) is 11.1 Å². The first kappa shape index (κ1) is 22.9. The summed E-state index contributed by atoms with van der Waals surface area (Å²) >= 11 is 0. The number of H-pyrrole nitrogens is 1. The molecule has 0 aliphatic carbocycles. The maximum Gasteiger partial charge on any atom is 0.417 e. The van der Waals surface area contributed by atoms with Crippen molar-refractivity contribution in [1.82, 2.24) is 9.97 Å². The normalized spacial score (nSPS) is 17.4. The fraction of sp³-hybridized carbons (Fsp3) is 0.333. The molecule has 1 atom stereocenters. The summed E-state index contributed by atoms with van der Waals surface area (Å²) < 4.78 is 91.1. The number of nitrogens with one attached hydrogen (secondary N) is 1. The number of fused-ring (bicyclic) bond motifs is 1. The van der Waals surface area contributed by atoms with Crippen molar-refractivity contribution >= 4 is 22.4 Å². The number of anilines is 2. The molecule has 1 aromatic heterocycles. The molecule has 12 heteroatoms. The highest BCUT2D eigenvalue weighted by atomic mass is 19.4. The second-order valence-corrected chi connectivity index (χ2v) is 7.71. The van der Waals surface area contributed by atoms with E-state index in [1.54, 1.807) is 0 Å². The van der Waals surface area contributed by atoms with Gasteiger partial charge in [-0.1, -0.05) is 0 Å². The van der Waals surface area contributed by atoms with Gasteiger partial charge >= 0.3 is 11.9 Å². The van der Waals surface area contributed by atoms with Gasteiger partial charge in [-0.2, -0.15) is 18.2 Å². The molecule has 0 radical (unpaired) electrons. The van der Waals surface area contributed by atoms with Crippen molar-refractivity contribution in [2.75, 3.05) is 36.9 Å². The number of nitrogens with zero attached hydrogens (tertiary/aromatic N) is 2. The molecular formula is C21H18F6N4O2. The Hall–Kier alpha value is -3.28. The van der Waals surface area contributed by atoms with Crippen LogP contribution in [0, 0.1) is 18.6 Å². The van der Waals surface area contributed by atoms with Crippen LogP contribution in [-0.4, -0.2) is 42.4 Å². The molecule has 0 amide bonds. The van der Waals surface area contributed by atoms with E-state index in [1.165, 1.54) is 4.90 Å². The Morgan fingerprint density at radius 3 is 2.67 bits per heavy atom. The van der Waals surface area contributed by atoms with E-state index in [9.17, 15) is 22.4 Å². The quantitative estimate of drug-likeness (QED) is 0.436. The largest absolute Gasteiger partial charge is 0.417 e. The lowest BCUT2D eigenvalue weighted by molar-refractivity contribution is -0.137. The minimum Gasteiger partial charge on any atom is -0.399 e. The zero-order valence-electron chi connectivity index (χ0n) is 17.2. The van der Waals surface area contributed by atoms with Gasteiger partial charge in [0.2, 0.25) is 0 Å². The maximum absolute atomic E-state index is 15.6. The summed E-state index contributed by atoms with van der Waals surface area (Å²) in [4.78, 5) is 19.3. The number of hydrogen-bond donors (Lipinski definition) is 2. The Labute approximate surface area is 183 Å². The van der Waals surface area contributed by atoms with Gasteiger partial charge in [0.25, 0.3) is 0 Å². The molecule has 0 saturated carbocycles. The first-order chi connectivity index (χ1) is 15.5. The molecule has 1 saturated heterocycles. The second-order valence-electron chi connectivity index (χ2n) is 7.71. The number of aromatic nitrogens is 2. The lowest BCUT2D eigenvalue weighted by atomic mass is 9.93. The predicted molar refractivity (Wildman–Crippen MR) is 110 cm³/mol. The summed E-state index contributed by atoms with van der Waals surface area (Å²) in [6.07, 6.45) is -6.37. The fourth-order valence-corrected chi connectivity index (χ4v) is 4.05. The zero-order valence-corrected chi connectivity index (χ0v) is 17.2. The molecular weight excluding hydrogens is 454 g/mol. The van der Waals surface area contributed by atoms with Crippen molar-refractivity contribution < 1.29 is 31.1 Å². The van der Waals surface area contributed by atoms with Crippen LogP contribution < -0.4 is 16.3 Å². The first-order valence-electron chi connectivity index (χ1n) is 9.84. The van der Waals surface area contributed by atoms with Gasteiger partial charge in [-0.3, -0.25) is 0 Å². The molecule has 1 aliphatic rings. The van der Waals surface area contributed by atoms with Crippen LogP contribution in [0.15, 0.2) is 23.0 Å². The minimum atomic E-state index is -4.93. The van der Waals surface area contributed by atoms with Crippen LogP contribution >= 0.6 is 0 Å². The number of aryl methyl sites for hydroxylation is 1. The van der Waals surface area contributed by atoms with Crippen molar-refractivity contribution in [3.05, 3.63) is 51.4 Å². The summed E-state index contributed by atoms with van der Waals surface area (Å²) in [6, 6.07) is 2.63. The molecule has 3 aromatic rings. The van der Waals surface area contributed by atoms with Crippen molar-refractivity contribution in [3.8, 4) is 11.1 Å². The summed E-state index contributed by atoms with van der Waals surface area (Å²) in [5, 5.41) is -0.225. The van der Waals surface area contributed by atoms with Crippen LogP contribution in [0.25, 0.3) is 22.0 Å². The average molecular weight is 472 g/mol. The number of rotatable bonds is 2. The zero-order chi connectivity index (χ0) is 24.1. The summed E-state index contributed by atoms with van der Waals surface area (Å²) in [6.45, 7) is 0.849. The standard InChI is InChI=1S/C21H18F6N4O2/c1-9-4-11(28)5-12(16(9)21(25,26)27)15-14(23)6-13-18(17(15)24)29-20(32)30-19(13)31-2-3-33-8-10(22)7-31/h4-6,10H,2-3,7-8,28H2,1H3,(H,29,30,32)/t10-/m1/s1. The van der Waals surface area contributed by atoms with Crippen LogP contribution in [0.3, 0.4) is 0 Å². The molecule has 3 N–H and O–H groups in total. The highest BCUT2D eigenvalue weighted by Crippen LogP contribution is 2.43. The predicted octanol–water partition coefficient (Wildman–Crippen LogP) is 3.95. The number of aromatic amines is 1. The number of alkyl halides is 4. The van der Waals surface area contributed by atoms with Gasteiger partial charge in [-0.05, 0) is 30.7 Å². The van der Waals surface area contributed by atoms with Gasteiger partial charge in [-0.25, -0.2) is 18.0 Å². The molecule has 0 unspecified atom stereocenters. The van der Waals surface area contributed by atoms with Crippen molar-refractivity contribution in [1.29, 1.82) is 0 Å². The number of nitrogens with two attached hydrogens (primary N) is 1. The average Bonchev–Trinajstić information content (AvgIpc) is 2.91. The molecule has 0 spiro atoms. The minimum absolute atomic E-state index is 0.0803. The lowest BCUT2D eigenvalue weighted by Crippen LogP contribution is -2.33. The molecule has 6 nitrogen and oxygen atoms in total. The van der Waals surface area contributed by atoms with E-state index in [1.807, 2.05) is 0 Å². The van der Waals surface area contributed by atoms with Crippen LogP contribution in [0.5, 0.6) is 0 Å². The van der Waals surface area contributed by atoms with Crippen molar-refractivity contribution in [2.45, 2.75) is 19.3 Å². The lowest BCUT2D eigenvalue weighted by Gasteiger charge is -2.23. The topological polar surface area (TPSA) is 84.2 Å². The fourth-order valence-electron chi connectivity index (χ4n) is 4.05. The van der Waals surface area contributed by atoms with Gasteiger partial charge in [0.05, 0.1) is 36.4 Å². The monoisotopic (exact) mass is 472 g/mol. The van der Waals surface area contributed by atoms with Crippen molar-refractivity contribution in [2.24, 2.45) is 0 Å². The maximum atomic E-state index is 15.6. The van der Waals surface area contributed by atoms with Gasteiger partial charge in [-0.15, -0.1) is 0 Å². The molecule has 33 heavy (non-hydrogen) atoms. The SMILES string of the molecule is Cc1cc(N)cc(-c2c(F)cc3c(N4CCOC[C@H](F)C4)nc(=O)[nH]c3c2F)c1C(F)(F)F. The van der Waals surface area contributed by atoms with E-state index < -0.39 is 51.9 Å². The number of nitrogen functional groups attached to an aromatic ring is 1. The highest BCUT2D eigenvalue weighted by Gasteiger charge is 2.37. The van der Waals surface area contributed by atoms with E-state index in [0.717, 1.165) is 25.1 Å². The Morgan fingerprint density at radius 2 is 1.97 bits per heavy atom. The van der Waals surface area contributed by atoms with E-state index in [-0.39, 0.29) is 48.8 Å². The third-order valence-electron chi connectivity index (χ3n) is 5.33. The molecule has 2 heterocycles. The molecule has 176 valence electrons. The van der Waals surface area contributed by atoms with Gasteiger partial charge < -0.3 is 20.4 Å². The van der Waals surface area contributed by atoms with Crippen LogP contribution in [-0.2, 0) is 10.9 Å². The summed E-state index contributed by atoms with van der Waals surface area (Å²) in [7, 11) is 0. The molecule has 1 fully saturated rings. The third kappa shape index (κ3) is 4.22.